The number of hydrogen-bond acceptors (Lipinski definition) is 6. The van der Waals surface area contributed by atoms with Crippen molar-refractivity contribution in [2.75, 3.05) is 4.31 Å². The molecule has 3 aromatic carbocycles. The Morgan fingerprint density at radius 2 is 1.70 bits per heavy atom. The summed E-state index contributed by atoms with van der Waals surface area (Å²) in [5.41, 5.74) is 2.27. The SMILES string of the molecule is CC1(C)OB(c2ccc(CN(c3cc4oc(-c5ccc(Cl)cc5)c(C(=O)O)c4cc3C3CC3)S(=O)[O-])cc2Cl)OC1(C)C. The minimum absolute atomic E-state index is 0.00123. The number of benzene rings is 3. The van der Waals surface area contributed by atoms with Crippen molar-refractivity contribution in [1.82, 2.24) is 0 Å². The topological polar surface area (TPSA) is 112 Å². The molecule has 1 aliphatic carbocycles. The van der Waals surface area contributed by atoms with Crippen LogP contribution in [-0.4, -0.2) is 38.2 Å². The van der Waals surface area contributed by atoms with Gasteiger partial charge in [0.1, 0.15) is 16.9 Å². The lowest BCUT2D eigenvalue weighted by molar-refractivity contribution is 0.00578. The average Bonchev–Trinajstić information content (AvgIpc) is 3.66. The first kappa shape index (κ1) is 30.2. The number of furan rings is 1. The van der Waals surface area contributed by atoms with E-state index in [1.54, 1.807) is 54.6 Å². The van der Waals surface area contributed by atoms with Crippen LogP contribution in [0, 0.1) is 0 Å². The van der Waals surface area contributed by atoms with Crippen LogP contribution in [0.3, 0.4) is 0 Å². The molecule has 2 aliphatic rings. The molecule has 1 aliphatic heterocycles. The molecule has 1 saturated heterocycles. The molecule has 2 fully saturated rings. The van der Waals surface area contributed by atoms with E-state index in [2.05, 4.69) is 0 Å². The molecular formula is C31H29BCl2NO7S-. The molecule has 1 atom stereocenters. The van der Waals surface area contributed by atoms with Crippen molar-refractivity contribution in [1.29, 1.82) is 0 Å². The van der Waals surface area contributed by atoms with Crippen molar-refractivity contribution in [3.63, 3.8) is 0 Å². The van der Waals surface area contributed by atoms with Gasteiger partial charge in [-0.15, -0.1) is 0 Å². The fraction of sp³-hybridized carbons (Fsp3) is 0.323. The molecule has 2 heterocycles. The quantitative estimate of drug-likeness (QED) is 0.162. The number of carbonyl (C=O) groups is 1. The Labute approximate surface area is 262 Å². The highest BCUT2D eigenvalue weighted by Gasteiger charge is 2.52. The zero-order valence-electron chi connectivity index (χ0n) is 24.0. The molecule has 0 spiro atoms. The predicted molar refractivity (Wildman–Crippen MR) is 168 cm³/mol. The second kappa shape index (κ2) is 10.9. The molecule has 224 valence electrons. The van der Waals surface area contributed by atoms with Crippen LogP contribution in [0.1, 0.15) is 67.9 Å². The van der Waals surface area contributed by atoms with Gasteiger partial charge in [0, 0.05) is 43.8 Å². The van der Waals surface area contributed by atoms with E-state index in [1.807, 2.05) is 27.7 Å². The summed E-state index contributed by atoms with van der Waals surface area (Å²) in [7, 11) is -0.655. The summed E-state index contributed by atoms with van der Waals surface area (Å²) < 4.78 is 45.0. The zero-order chi connectivity index (χ0) is 30.8. The molecule has 12 heteroatoms. The molecule has 6 rings (SSSR count). The van der Waals surface area contributed by atoms with Crippen molar-refractivity contribution in [2.45, 2.75) is 64.2 Å². The van der Waals surface area contributed by atoms with Gasteiger partial charge in [0.2, 0.25) is 0 Å². The molecule has 0 amide bonds. The van der Waals surface area contributed by atoms with E-state index in [9.17, 15) is 18.7 Å². The second-order valence-corrected chi connectivity index (χ2v) is 13.7. The van der Waals surface area contributed by atoms with Crippen molar-refractivity contribution in [3.05, 3.63) is 81.3 Å². The number of hydrogen-bond donors (Lipinski definition) is 1. The number of fused-ring (bicyclic) bond motifs is 1. The Hall–Kier alpha value is -2.86. The fourth-order valence-electron chi connectivity index (χ4n) is 5.32. The lowest BCUT2D eigenvalue weighted by Crippen LogP contribution is -2.41. The third-order valence-corrected chi connectivity index (χ3v) is 9.79. The third-order valence-electron chi connectivity index (χ3n) is 8.52. The second-order valence-electron chi connectivity index (χ2n) is 12.0. The molecule has 0 bridgehead atoms. The number of nitrogens with zero attached hydrogens (tertiary/aromatic N) is 1. The number of aromatic carboxylic acids is 1. The summed E-state index contributed by atoms with van der Waals surface area (Å²) in [5, 5.41) is 11.5. The largest absolute Gasteiger partial charge is 0.755 e. The van der Waals surface area contributed by atoms with Gasteiger partial charge >= 0.3 is 13.1 Å². The summed E-state index contributed by atoms with van der Waals surface area (Å²) in [6, 6.07) is 15.4. The van der Waals surface area contributed by atoms with Crippen molar-refractivity contribution >= 4 is 69.7 Å². The van der Waals surface area contributed by atoms with E-state index < -0.39 is 35.6 Å². The maximum absolute atomic E-state index is 12.7. The van der Waals surface area contributed by atoms with Crippen LogP contribution >= 0.6 is 23.2 Å². The molecule has 1 aromatic heterocycles. The van der Waals surface area contributed by atoms with Gasteiger partial charge in [-0.2, -0.15) is 0 Å². The van der Waals surface area contributed by atoms with Crippen LogP contribution in [0.25, 0.3) is 22.3 Å². The molecular weight excluding hydrogens is 612 g/mol. The van der Waals surface area contributed by atoms with Crippen molar-refractivity contribution in [2.24, 2.45) is 0 Å². The zero-order valence-corrected chi connectivity index (χ0v) is 26.3. The summed E-state index contributed by atoms with van der Waals surface area (Å²) in [6.07, 6.45) is 1.74. The Balaban J connectivity index is 1.38. The van der Waals surface area contributed by atoms with Crippen LogP contribution < -0.4 is 9.77 Å². The van der Waals surface area contributed by atoms with Gasteiger partial charge in [-0.3, -0.25) is 8.51 Å². The summed E-state index contributed by atoms with van der Waals surface area (Å²) in [5.74, 6) is -0.854. The van der Waals surface area contributed by atoms with Gasteiger partial charge in [0.15, 0.2) is 0 Å². The van der Waals surface area contributed by atoms with Crippen LogP contribution in [0.15, 0.2) is 59.0 Å². The van der Waals surface area contributed by atoms with Gasteiger partial charge in [-0.05, 0) is 94.0 Å². The molecule has 1 N–H and O–H groups in total. The predicted octanol–water partition coefficient (Wildman–Crippen LogP) is 7.08. The average molecular weight is 641 g/mol. The van der Waals surface area contributed by atoms with E-state index in [0.29, 0.717) is 37.7 Å². The highest BCUT2D eigenvalue weighted by Crippen LogP contribution is 2.48. The van der Waals surface area contributed by atoms with Gasteiger partial charge in [-0.1, -0.05) is 35.3 Å². The van der Waals surface area contributed by atoms with Gasteiger partial charge in [-0.25, -0.2) is 4.79 Å². The van der Waals surface area contributed by atoms with E-state index in [4.69, 9.17) is 36.9 Å². The maximum Gasteiger partial charge on any atom is 0.496 e. The summed E-state index contributed by atoms with van der Waals surface area (Å²) in [4.78, 5) is 12.4. The highest BCUT2D eigenvalue weighted by atomic mass is 35.5. The minimum atomic E-state index is -2.66. The first-order chi connectivity index (χ1) is 20.3. The number of rotatable bonds is 8. The molecule has 8 nitrogen and oxygen atoms in total. The first-order valence-electron chi connectivity index (χ1n) is 13.9. The standard InChI is InChI=1S/C31H30BCl2NO7S/c1-30(2)31(3,4)42-32(41-30)23-12-5-17(13-24(23)34)16-35(43(38)39)25-15-26-22(14-21(25)18-6-7-18)27(29(36)37)28(40-26)19-8-10-20(33)11-9-19/h5,8-15,18H,6-7,16H2,1-4H3,(H,36,37)(H,38,39)/p-1. The smallest absolute Gasteiger partial charge is 0.496 e. The van der Waals surface area contributed by atoms with E-state index >= 15 is 0 Å². The minimum Gasteiger partial charge on any atom is -0.755 e. The number of carboxylic acids is 1. The third kappa shape index (κ3) is 5.61. The van der Waals surface area contributed by atoms with Crippen LogP contribution in [0.2, 0.25) is 10.0 Å². The van der Waals surface area contributed by atoms with Crippen molar-refractivity contribution < 1.29 is 32.4 Å². The number of anilines is 1. The maximum atomic E-state index is 12.7. The Kier molecular flexibility index (Phi) is 7.68. The summed E-state index contributed by atoms with van der Waals surface area (Å²) in [6.45, 7) is 7.84. The number of halogens is 2. The van der Waals surface area contributed by atoms with Gasteiger partial charge in [0.25, 0.3) is 0 Å². The van der Waals surface area contributed by atoms with Gasteiger partial charge in [0.05, 0.1) is 23.4 Å². The summed E-state index contributed by atoms with van der Waals surface area (Å²) >= 11 is 10.1. The number of carboxylic acid groups (broad SMARTS) is 1. The molecule has 43 heavy (non-hydrogen) atoms. The monoisotopic (exact) mass is 640 g/mol. The lowest BCUT2D eigenvalue weighted by atomic mass is 9.78. The van der Waals surface area contributed by atoms with Crippen LogP contribution in [0.4, 0.5) is 5.69 Å². The molecule has 1 unspecified atom stereocenters. The van der Waals surface area contributed by atoms with Crippen molar-refractivity contribution in [3.8, 4) is 11.3 Å². The molecule has 1 saturated carbocycles. The molecule has 4 aromatic rings. The van der Waals surface area contributed by atoms with Gasteiger partial charge < -0.3 is 23.4 Å². The van der Waals surface area contributed by atoms with E-state index in [-0.39, 0.29) is 29.4 Å². The fourth-order valence-corrected chi connectivity index (χ4v) is 6.31. The normalized spacial score (nSPS) is 18.3. The van der Waals surface area contributed by atoms with Crippen LogP contribution in [-0.2, 0) is 27.1 Å². The molecule has 0 radical (unpaired) electrons. The Morgan fingerprint density at radius 3 is 2.26 bits per heavy atom. The van der Waals surface area contributed by atoms with E-state index in [0.717, 1.165) is 18.4 Å². The van der Waals surface area contributed by atoms with Crippen LogP contribution in [0.5, 0.6) is 0 Å². The Morgan fingerprint density at radius 1 is 1.05 bits per heavy atom. The highest BCUT2D eigenvalue weighted by molar-refractivity contribution is 7.80. The first-order valence-corrected chi connectivity index (χ1v) is 15.6. The van der Waals surface area contributed by atoms with E-state index in [1.165, 1.54) is 4.31 Å². The lowest BCUT2D eigenvalue weighted by Gasteiger charge is -2.32. The Bertz CT molecular complexity index is 1750.